The molecule has 2 fully saturated rings. The van der Waals surface area contributed by atoms with Gasteiger partial charge in [0.25, 0.3) is 0 Å². The third-order valence-electron chi connectivity index (χ3n) is 8.92. The van der Waals surface area contributed by atoms with Crippen molar-refractivity contribution in [3.05, 3.63) is 94.0 Å². The van der Waals surface area contributed by atoms with E-state index in [0.717, 1.165) is 84.5 Å². The molecule has 0 bridgehead atoms. The van der Waals surface area contributed by atoms with E-state index in [4.69, 9.17) is 14.2 Å². The number of anilines is 1. The van der Waals surface area contributed by atoms with E-state index in [9.17, 15) is 4.79 Å². The first-order chi connectivity index (χ1) is 20.7. The zero-order chi connectivity index (χ0) is 30.0. The van der Waals surface area contributed by atoms with Crippen molar-refractivity contribution >= 4 is 33.3 Å². The van der Waals surface area contributed by atoms with Gasteiger partial charge in [0, 0.05) is 53.6 Å². The first-order valence-electron chi connectivity index (χ1n) is 15.3. The highest BCUT2D eigenvalue weighted by Gasteiger charge is 2.39. The van der Waals surface area contributed by atoms with Crippen LogP contribution < -0.4 is 14.4 Å². The minimum absolute atomic E-state index is 0.175. The molecule has 43 heavy (non-hydrogen) atoms. The van der Waals surface area contributed by atoms with Gasteiger partial charge in [-0.05, 0) is 87.3 Å². The maximum Gasteiger partial charge on any atom is 0.410 e. The van der Waals surface area contributed by atoms with Gasteiger partial charge >= 0.3 is 6.09 Å². The third kappa shape index (κ3) is 6.87. The molecule has 6 rings (SSSR count). The van der Waals surface area contributed by atoms with Crippen molar-refractivity contribution in [2.75, 3.05) is 37.7 Å². The molecule has 0 N–H and O–H groups in total. The number of hydrogen-bond acceptors (Lipinski definition) is 5. The molecule has 2 saturated heterocycles. The second kappa shape index (κ2) is 12.3. The number of nitrogens with zero attached hydrogens (tertiary/aromatic N) is 2. The van der Waals surface area contributed by atoms with E-state index in [1.807, 2.05) is 56.0 Å². The number of ether oxygens (including phenoxy) is 3. The number of benzene rings is 3. The van der Waals surface area contributed by atoms with Gasteiger partial charge in [-0.15, -0.1) is 0 Å². The number of halogens is 1. The van der Waals surface area contributed by atoms with Crippen LogP contribution in [0.1, 0.15) is 63.1 Å². The molecular formula is C36H41BrN2O4. The molecule has 0 unspecified atom stereocenters. The van der Waals surface area contributed by atoms with Crippen LogP contribution in [0.4, 0.5) is 10.5 Å². The van der Waals surface area contributed by atoms with Gasteiger partial charge in [-0.3, -0.25) is 0 Å². The van der Waals surface area contributed by atoms with Gasteiger partial charge in [-0.25, -0.2) is 4.79 Å². The number of amides is 1. The van der Waals surface area contributed by atoms with Gasteiger partial charge in [0.1, 0.15) is 30.3 Å². The van der Waals surface area contributed by atoms with Gasteiger partial charge in [0.2, 0.25) is 0 Å². The lowest BCUT2D eigenvalue weighted by molar-refractivity contribution is 0.00666. The van der Waals surface area contributed by atoms with Crippen LogP contribution in [-0.2, 0) is 11.3 Å². The number of likely N-dealkylation sites (tertiary alicyclic amines) is 1. The lowest BCUT2D eigenvalue weighted by Crippen LogP contribution is -2.49. The van der Waals surface area contributed by atoms with Crippen LogP contribution >= 0.6 is 15.9 Å². The van der Waals surface area contributed by atoms with E-state index in [1.54, 1.807) is 0 Å². The van der Waals surface area contributed by atoms with E-state index in [0.29, 0.717) is 18.6 Å². The maximum atomic E-state index is 12.5. The van der Waals surface area contributed by atoms with Crippen molar-refractivity contribution in [2.24, 2.45) is 5.41 Å². The maximum absolute atomic E-state index is 12.5. The largest absolute Gasteiger partial charge is 0.489 e. The van der Waals surface area contributed by atoms with Crippen molar-refractivity contribution in [1.29, 1.82) is 0 Å². The van der Waals surface area contributed by atoms with Crippen molar-refractivity contribution < 1.29 is 19.0 Å². The van der Waals surface area contributed by atoms with Gasteiger partial charge in [-0.1, -0.05) is 58.4 Å². The summed E-state index contributed by atoms with van der Waals surface area (Å²) in [5.41, 5.74) is 5.68. The highest BCUT2D eigenvalue weighted by molar-refractivity contribution is 9.11. The zero-order valence-electron chi connectivity index (χ0n) is 25.4. The van der Waals surface area contributed by atoms with Gasteiger partial charge in [0.05, 0.1) is 0 Å². The van der Waals surface area contributed by atoms with Crippen molar-refractivity contribution in [1.82, 2.24) is 4.90 Å². The summed E-state index contributed by atoms with van der Waals surface area (Å²) in [4.78, 5) is 16.9. The van der Waals surface area contributed by atoms with Gasteiger partial charge < -0.3 is 24.0 Å². The highest BCUT2D eigenvalue weighted by Crippen LogP contribution is 2.44. The molecule has 0 saturated carbocycles. The third-order valence-corrected chi connectivity index (χ3v) is 9.54. The summed E-state index contributed by atoms with van der Waals surface area (Å²) in [6.45, 7) is 10.5. The average Bonchev–Trinajstić information content (AvgIpc) is 3.01. The van der Waals surface area contributed by atoms with E-state index in [-0.39, 0.29) is 6.09 Å². The second-order valence-electron chi connectivity index (χ2n) is 13.0. The molecule has 226 valence electrons. The summed E-state index contributed by atoms with van der Waals surface area (Å²) >= 11 is 3.78. The van der Waals surface area contributed by atoms with Crippen LogP contribution in [0.3, 0.4) is 0 Å². The van der Waals surface area contributed by atoms with Crippen molar-refractivity contribution in [3.8, 4) is 11.5 Å². The minimum Gasteiger partial charge on any atom is -0.489 e. The Bertz CT molecular complexity index is 1460. The van der Waals surface area contributed by atoms with Crippen molar-refractivity contribution in [3.63, 3.8) is 0 Å². The number of carbonyl (C=O) groups excluding carboxylic acids is 1. The summed E-state index contributed by atoms with van der Waals surface area (Å²) in [7, 11) is 0. The zero-order valence-corrected chi connectivity index (χ0v) is 27.0. The Labute approximate surface area is 263 Å². The second-order valence-corrected chi connectivity index (χ2v) is 14.0. The Morgan fingerprint density at radius 2 is 1.58 bits per heavy atom. The van der Waals surface area contributed by atoms with Crippen molar-refractivity contribution in [2.45, 2.75) is 58.7 Å². The number of piperidine rings is 2. The summed E-state index contributed by atoms with van der Waals surface area (Å²) in [6.07, 6.45) is 4.26. The summed E-state index contributed by atoms with van der Waals surface area (Å²) in [5.74, 6) is 1.64. The number of fused-ring (bicyclic) bond motifs is 1. The first-order valence-corrected chi connectivity index (χ1v) is 16.1. The standard InChI is InChI=1S/C36H41BrN2O4/c1-35(2,3)43-34(40)39-21-17-36(18-22-39)15-19-38(20-16-36)28-11-9-27(10-12-28)33-30-14-13-29(23-32(30)42-25-31(33)37)41-24-26-7-5-4-6-8-26/h4-14,23H,15-22,24-25H2,1-3H3. The monoisotopic (exact) mass is 644 g/mol. The van der Waals surface area contributed by atoms with E-state index in [1.165, 1.54) is 11.3 Å². The molecule has 0 aromatic heterocycles. The normalized spacial score (nSPS) is 18.2. The predicted octanol–water partition coefficient (Wildman–Crippen LogP) is 8.43. The average molecular weight is 646 g/mol. The van der Waals surface area contributed by atoms with E-state index in [2.05, 4.69) is 63.3 Å². The predicted molar refractivity (Wildman–Crippen MR) is 175 cm³/mol. The Balaban J connectivity index is 1.07. The topological polar surface area (TPSA) is 51.2 Å². The number of rotatable bonds is 5. The van der Waals surface area contributed by atoms with Crippen LogP contribution in [-0.4, -0.2) is 49.4 Å². The van der Waals surface area contributed by atoms with Crippen LogP contribution in [0.2, 0.25) is 0 Å². The van der Waals surface area contributed by atoms with Crippen LogP contribution in [0.25, 0.3) is 5.57 Å². The van der Waals surface area contributed by atoms with Crippen LogP contribution in [0.15, 0.2) is 77.3 Å². The Morgan fingerprint density at radius 1 is 0.907 bits per heavy atom. The molecule has 6 nitrogen and oxygen atoms in total. The van der Waals surface area contributed by atoms with Crippen LogP contribution in [0.5, 0.6) is 11.5 Å². The number of hydrogen-bond donors (Lipinski definition) is 0. The summed E-state index contributed by atoms with van der Waals surface area (Å²) in [5, 5.41) is 0. The summed E-state index contributed by atoms with van der Waals surface area (Å²) < 4.78 is 18.8. The molecule has 3 aliphatic heterocycles. The molecule has 3 aromatic carbocycles. The lowest BCUT2D eigenvalue weighted by Gasteiger charge is -2.47. The Hall–Kier alpha value is -3.45. The Kier molecular flexibility index (Phi) is 8.45. The molecule has 3 aromatic rings. The highest BCUT2D eigenvalue weighted by atomic mass is 79.9. The molecule has 0 atom stereocenters. The Morgan fingerprint density at radius 3 is 2.26 bits per heavy atom. The quantitative estimate of drug-likeness (QED) is 0.279. The lowest BCUT2D eigenvalue weighted by atomic mass is 9.71. The molecule has 1 amide bonds. The van der Waals surface area contributed by atoms with Gasteiger partial charge in [-0.2, -0.15) is 0 Å². The molecular weight excluding hydrogens is 604 g/mol. The molecule has 3 aliphatic rings. The van der Waals surface area contributed by atoms with E-state index < -0.39 is 5.60 Å². The molecule has 0 radical (unpaired) electrons. The smallest absolute Gasteiger partial charge is 0.410 e. The first kappa shape index (κ1) is 29.6. The fraction of sp³-hybridized carbons (Fsp3) is 0.417. The molecule has 1 spiro atoms. The fourth-order valence-electron chi connectivity index (χ4n) is 6.40. The molecule has 7 heteroatoms. The molecule has 0 aliphatic carbocycles. The number of carbonyl (C=O) groups is 1. The summed E-state index contributed by atoms with van der Waals surface area (Å²) in [6, 6.07) is 25.2. The SMILES string of the molecule is CC(C)(C)OC(=O)N1CCC2(CC1)CCN(c1ccc(C3=C(Br)COc4cc(OCc5ccccc5)ccc43)cc1)CC2. The van der Waals surface area contributed by atoms with Crippen LogP contribution in [0, 0.1) is 5.41 Å². The van der Waals surface area contributed by atoms with Gasteiger partial charge in [0.15, 0.2) is 0 Å². The molecule has 3 heterocycles. The van der Waals surface area contributed by atoms with E-state index >= 15 is 0 Å². The minimum atomic E-state index is -0.449. The fourth-order valence-corrected chi connectivity index (χ4v) is 6.96.